The molecule has 0 saturated heterocycles. The van der Waals surface area contributed by atoms with Gasteiger partial charge in [0.25, 0.3) is 0 Å². The molecule has 1 atom stereocenters. The largest absolute Gasteiger partial charge is 0.508 e. The molecule has 1 aromatic heterocycles. The van der Waals surface area contributed by atoms with Crippen molar-refractivity contribution in [2.45, 2.75) is 12.3 Å². The van der Waals surface area contributed by atoms with Gasteiger partial charge in [-0.15, -0.1) is 0 Å². The highest BCUT2D eigenvalue weighted by molar-refractivity contribution is 5.77. The van der Waals surface area contributed by atoms with E-state index in [1.807, 2.05) is 12.1 Å². The maximum Gasteiger partial charge on any atom is 0.315 e. The molecule has 19 heavy (non-hydrogen) atoms. The smallest absolute Gasteiger partial charge is 0.315 e. The fourth-order valence-corrected chi connectivity index (χ4v) is 1.90. The van der Waals surface area contributed by atoms with E-state index < -0.39 is 5.92 Å². The van der Waals surface area contributed by atoms with Gasteiger partial charge >= 0.3 is 5.97 Å². The van der Waals surface area contributed by atoms with Crippen molar-refractivity contribution >= 4 is 5.97 Å². The van der Waals surface area contributed by atoms with Gasteiger partial charge in [0.1, 0.15) is 11.7 Å². The molecule has 98 valence electrons. The number of nitrogens with zero attached hydrogens (tertiary/aromatic N) is 1. The third kappa shape index (κ3) is 3.31. The number of carbonyl (C=O) groups excluding carboxylic acids is 1. The number of carbonyl (C=O) groups is 1. The fraction of sp³-hybridized carbons (Fsp3) is 0.200. The zero-order valence-corrected chi connectivity index (χ0v) is 10.6. The van der Waals surface area contributed by atoms with Crippen LogP contribution in [0.5, 0.6) is 5.75 Å². The van der Waals surface area contributed by atoms with Crippen LogP contribution in [0.1, 0.15) is 17.2 Å². The Balaban J connectivity index is 2.24. The maximum absolute atomic E-state index is 11.9. The van der Waals surface area contributed by atoms with Gasteiger partial charge in [0.05, 0.1) is 12.8 Å². The topological polar surface area (TPSA) is 59.4 Å². The first-order valence-electron chi connectivity index (χ1n) is 5.97. The molecule has 1 unspecified atom stereocenters. The predicted molar refractivity (Wildman–Crippen MR) is 70.8 cm³/mol. The van der Waals surface area contributed by atoms with Crippen LogP contribution in [0.4, 0.5) is 0 Å². The van der Waals surface area contributed by atoms with Crippen molar-refractivity contribution in [3.8, 4) is 5.75 Å². The number of hydrogen-bond acceptors (Lipinski definition) is 4. The van der Waals surface area contributed by atoms with Gasteiger partial charge in [0.15, 0.2) is 0 Å². The number of phenolic OH excluding ortho intramolecular Hbond substituents is 1. The third-order valence-electron chi connectivity index (χ3n) is 2.91. The molecule has 0 aliphatic heterocycles. The van der Waals surface area contributed by atoms with E-state index in [0.29, 0.717) is 12.1 Å². The SMILES string of the molecule is COC(=O)C(Cc1ccc(O)cc1)c1ccccn1. The van der Waals surface area contributed by atoms with Gasteiger partial charge in [-0.25, -0.2) is 0 Å². The van der Waals surface area contributed by atoms with Crippen LogP contribution in [-0.2, 0) is 16.0 Å². The first-order chi connectivity index (χ1) is 9.20. The maximum atomic E-state index is 11.9. The standard InChI is InChI=1S/C15H15NO3/c1-19-15(18)13(14-4-2-3-9-16-14)10-11-5-7-12(17)8-6-11/h2-9,13,17H,10H2,1H3. The van der Waals surface area contributed by atoms with Crippen LogP contribution in [0, 0.1) is 0 Å². The van der Waals surface area contributed by atoms with Crippen molar-refractivity contribution in [3.63, 3.8) is 0 Å². The molecule has 1 N–H and O–H groups in total. The monoisotopic (exact) mass is 257 g/mol. The van der Waals surface area contributed by atoms with Gasteiger partial charge in [0, 0.05) is 6.20 Å². The number of ether oxygens (including phenoxy) is 1. The van der Waals surface area contributed by atoms with E-state index in [-0.39, 0.29) is 11.7 Å². The fourth-order valence-electron chi connectivity index (χ4n) is 1.90. The summed E-state index contributed by atoms with van der Waals surface area (Å²) in [4.78, 5) is 16.1. The van der Waals surface area contributed by atoms with Crippen LogP contribution in [0.3, 0.4) is 0 Å². The normalized spacial score (nSPS) is 11.8. The van der Waals surface area contributed by atoms with Gasteiger partial charge in [0.2, 0.25) is 0 Å². The third-order valence-corrected chi connectivity index (χ3v) is 2.91. The van der Waals surface area contributed by atoms with E-state index in [9.17, 15) is 9.90 Å². The molecule has 0 fully saturated rings. The Bertz CT molecular complexity index is 537. The molecule has 0 bridgehead atoms. The first-order valence-corrected chi connectivity index (χ1v) is 5.97. The lowest BCUT2D eigenvalue weighted by Gasteiger charge is -2.14. The summed E-state index contributed by atoms with van der Waals surface area (Å²) >= 11 is 0. The molecule has 4 heteroatoms. The minimum atomic E-state index is -0.434. The first kappa shape index (κ1) is 13.1. The van der Waals surface area contributed by atoms with E-state index in [1.165, 1.54) is 7.11 Å². The summed E-state index contributed by atoms with van der Waals surface area (Å²) in [6, 6.07) is 12.2. The number of methoxy groups -OCH3 is 1. The highest BCUT2D eigenvalue weighted by Crippen LogP contribution is 2.21. The number of aromatic hydroxyl groups is 1. The highest BCUT2D eigenvalue weighted by atomic mass is 16.5. The molecule has 0 saturated carbocycles. The number of hydrogen-bond donors (Lipinski definition) is 1. The van der Waals surface area contributed by atoms with Crippen molar-refractivity contribution in [2.75, 3.05) is 7.11 Å². The zero-order valence-electron chi connectivity index (χ0n) is 10.6. The Kier molecular flexibility index (Phi) is 4.13. The van der Waals surface area contributed by atoms with Crippen LogP contribution in [-0.4, -0.2) is 23.2 Å². The van der Waals surface area contributed by atoms with Gasteiger partial charge in [-0.3, -0.25) is 9.78 Å². The summed E-state index contributed by atoms with van der Waals surface area (Å²) in [7, 11) is 1.37. The second-order valence-corrected chi connectivity index (χ2v) is 4.20. The zero-order chi connectivity index (χ0) is 13.7. The Morgan fingerprint density at radius 1 is 1.26 bits per heavy atom. The molecular formula is C15H15NO3. The van der Waals surface area contributed by atoms with Crippen molar-refractivity contribution in [1.29, 1.82) is 0 Å². The number of aromatic nitrogens is 1. The van der Waals surface area contributed by atoms with E-state index in [1.54, 1.807) is 36.5 Å². The number of rotatable bonds is 4. The van der Waals surface area contributed by atoms with Crippen LogP contribution in [0.2, 0.25) is 0 Å². The average molecular weight is 257 g/mol. The predicted octanol–water partition coefficient (Wildman–Crippen LogP) is 2.29. The van der Waals surface area contributed by atoms with Gasteiger partial charge in [-0.1, -0.05) is 18.2 Å². The van der Waals surface area contributed by atoms with Crippen molar-refractivity contribution < 1.29 is 14.6 Å². The minimum Gasteiger partial charge on any atom is -0.508 e. The van der Waals surface area contributed by atoms with Crippen LogP contribution < -0.4 is 0 Å². The number of esters is 1. The second-order valence-electron chi connectivity index (χ2n) is 4.20. The minimum absolute atomic E-state index is 0.205. The Morgan fingerprint density at radius 2 is 2.00 bits per heavy atom. The molecule has 2 aromatic rings. The lowest BCUT2D eigenvalue weighted by molar-refractivity contribution is -0.142. The molecule has 1 aromatic carbocycles. The van der Waals surface area contributed by atoms with E-state index in [2.05, 4.69) is 4.98 Å². The summed E-state index contributed by atoms with van der Waals surface area (Å²) in [5, 5.41) is 9.26. The van der Waals surface area contributed by atoms with Crippen molar-refractivity contribution in [2.24, 2.45) is 0 Å². The summed E-state index contributed by atoms with van der Waals surface area (Å²) in [6.07, 6.45) is 2.14. The average Bonchev–Trinajstić information content (AvgIpc) is 2.47. The Morgan fingerprint density at radius 3 is 2.58 bits per heavy atom. The molecule has 0 aliphatic rings. The highest BCUT2D eigenvalue weighted by Gasteiger charge is 2.22. The Labute approximate surface area is 111 Å². The van der Waals surface area contributed by atoms with Crippen LogP contribution >= 0.6 is 0 Å². The number of pyridine rings is 1. The van der Waals surface area contributed by atoms with Gasteiger partial charge in [-0.05, 0) is 36.2 Å². The summed E-state index contributed by atoms with van der Waals surface area (Å²) in [6.45, 7) is 0. The van der Waals surface area contributed by atoms with Crippen molar-refractivity contribution in [1.82, 2.24) is 4.98 Å². The quantitative estimate of drug-likeness (QED) is 0.854. The summed E-state index contributed by atoms with van der Waals surface area (Å²) in [5.41, 5.74) is 1.63. The summed E-state index contributed by atoms with van der Waals surface area (Å²) < 4.78 is 4.83. The Hall–Kier alpha value is -2.36. The van der Waals surface area contributed by atoms with Gasteiger partial charge < -0.3 is 9.84 Å². The molecule has 1 heterocycles. The van der Waals surface area contributed by atoms with E-state index >= 15 is 0 Å². The molecule has 0 aliphatic carbocycles. The van der Waals surface area contributed by atoms with Crippen LogP contribution in [0.25, 0.3) is 0 Å². The second kappa shape index (κ2) is 6.00. The molecule has 0 spiro atoms. The van der Waals surface area contributed by atoms with Gasteiger partial charge in [-0.2, -0.15) is 0 Å². The molecule has 0 amide bonds. The van der Waals surface area contributed by atoms with Crippen LogP contribution in [0.15, 0.2) is 48.7 Å². The van der Waals surface area contributed by atoms with E-state index in [0.717, 1.165) is 5.56 Å². The molecular weight excluding hydrogens is 242 g/mol. The molecule has 0 radical (unpaired) electrons. The summed E-state index contributed by atoms with van der Waals surface area (Å²) in [5.74, 6) is -0.543. The molecule has 4 nitrogen and oxygen atoms in total. The number of benzene rings is 1. The molecule has 2 rings (SSSR count). The number of phenols is 1. The lowest BCUT2D eigenvalue weighted by atomic mass is 9.95. The lowest BCUT2D eigenvalue weighted by Crippen LogP contribution is -2.17. The van der Waals surface area contributed by atoms with E-state index in [4.69, 9.17) is 4.74 Å². The van der Waals surface area contributed by atoms with Crippen molar-refractivity contribution in [3.05, 3.63) is 59.9 Å².